The van der Waals surface area contributed by atoms with Crippen LogP contribution < -0.4 is 4.74 Å². The minimum absolute atomic E-state index is 0.109. The van der Waals surface area contributed by atoms with Gasteiger partial charge in [0.15, 0.2) is 5.60 Å². The number of carbonyl (C=O) groups excluding carboxylic acids is 1. The third-order valence-electron chi connectivity index (χ3n) is 3.73. The molecule has 4 heteroatoms. The highest BCUT2D eigenvalue weighted by atomic mass is 16.6. The number of esters is 1. The topological polar surface area (TPSA) is 48.1 Å². The van der Waals surface area contributed by atoms with E-state index >= 15 is 0 Å². The van der Waals surface area contributed by atoms with E-state index in [9.17, 15) is 4.79 Å². The predicted molar refractivity (Wildman–Crippen MR) is 85.2 cm³/mol. The van der Waals surface area contributed by atoms with Crippen molar-refractivity contribution in [3.05, 3.63) is 29.8 Å². The van der Waals surface area contributed by atoms with Gasteiger partial charge in [0, 0.05) is 0 Å². The Morgan fingerprint density at radius 1 is 1.27 bits per heavy atom. The number of ether oxygens (including phenoxy) is 3. The number of epoxide rings is 1. The van der Waals surface area contributed by atoms with Gasteiger partial charge in [-0.25, -0.2) is 4.79 Å². The molecule has 0 radical (unpaired) electrons. The van der Waals surface area contributed by atoms with Gasteiger partial charge in [0.05, 0.1) is 19.3 Å². The fourth-order valence-corrected chi connectivity index (χ4v) is 2.40. The standard InChI is InChI=1S/C18H26O4/c1-13(2)15-8-5-6-9-16(15)20-11-7-10-18(12-21-18)17(19)22-14(3)4/h5-6,8-9,13-14H,7,10-12H2,1-4H3. The lowest BCUT2D eigenvalue weighted by molar-refractivity contribution is -0.154. The fourth-order valence-electron chi connectivity index (χ4n) is 2.40. The maximum atomic E-state index is 12.0. The minimum Gasteiger partial charge on any atom is -0.493 e. The third kappa shape index (κ3) is 4.23. The summed E-state index contributed by atoms with van der Waals surface area (Å²) in [6, 6.07) is 8.08. The molecule has 0 saturated carbocycles. The molecule has 0 aromatic heterocycles. The van der Waals surface area contributed by atoms with E-state index < -0.39 is 5.60 Å². The molecule has 0 bridgehead atoms. The van der Waals surface area contributed by atoms with Gasteiger partial charge < -0.3 is 14.2 Å². The van der Waals surface area contributed by atoms with Crippen LogP contribution in [0.2, 0.25) is 0 Å². The second-order valence-electron chi connectivity index (χ2n) is 6.38. The predicted octanol–water partition coefficient (Wildman–Crippen LogP) is 3.69. The van der Waals surface area contributed by atoms with Crippen LogP contribution in [0.3, 0.4) is 0 Å². The summed E-state index contributed by atoms with van der Waals surface area (Å²) in [4.78, 5) is 12.0. The van der Waals surface area contributed by atoms with Crippen LogP contribution in [-0.2, 0) is 14.3 Å². The zero-order chi connectivity index (χ0) is 16.2. The van der Waals surface area contributed by atoms with E-state index in [-0.39, 0.29) is 12.1 Å². The van der Waals surface area contributed by atoms with Crippen molar-refractivity contribution in [1.29, 1.82) is 0 Å². The Balaban J connectivity index is 1.79. The lowest BCUT2D eigenvalue weighted by Gasteiger charge is -2.16. The van der Waals surface area contributed by atoms with Gasteiger partial charge in [-0.15, -0.1) is 0 Å². The monoisotopic (exact) mass is 306 g/mol. The Hall–Kier alpha value is -1.55. The van der Waals surface area contributed by atoms with E-state index in [0.29, 0.717) is 25.6 Å². The molecular weight excluding hydrogens is 280 g/mol. The van der Waals surface area contributed by atoms with Gasteiger partial charge in [-0.05, 0) is 44.2 Å². The van der Waals surface area contributed by atoms with Crippen molar-refractivity contribution in [3.8, 4) is 5.75 Å². The molecule has 1 aliphatic heterocycles. The van der Waals surface area contributed by atoms with Crippen molar-refractivity contribution >= 4 is 5.97 Å². The smallest absolute Gasteiger partial charge is 0.341 e. The number of hydrogen-bond acceptors (Lipinski definition) is 4. The van der Waals surface area contributed by atoms with E-state index in [1.165, 1.54) is 5.56 Å². The number of carbonyl (C=O) groups is 1. The minimum atomic E-state index is -0.717. The zero-order valence-electron chi connectivity index (χ0n) is 13.9. The first kappa shape index (κ1) is 16.8. The molecule has 0 spiro atoms. The molecule has 1 saturated heterocycles. The van der Waals surface area contributed by atoms with E-state index in [4.69, 9.17) is 14.2 Å². The van der Waals surface area contributed by atoms with Crippen LogP contribution in [0.5, 0.6) is 5.75 Å². The summed E-state index contributed by atoms with van der Waals surface area (Å²) in [6.07, 6.45) is 1.30. The van der Waals surface area contributed by atoms with Gasteiger partial charge in [0.2, 0.25) is 0 Å². The maximum Gasteiger partial charge on any atom is 0.341 e. The molecule has 1 aliphatic rings. The lowest BCUT2D eigenvalue weighted by atomic mass is 10.0. The number of rotatable bonds is 8. The van der Waals surface area contributed by atoms with Crippen LogP contribution in [0.15, 0.2) is 24.3 Å². The Morgan fingerprint density at radius 3 is 2.55 bits per heavy atom. The summed E-state index contributed by atoms with van der Waals surface area (Å²) in [5.74, 6) is 1.11. The average molecular weight is 306 g/mol. The largest absolute Gasteiger partial charge is 0.493 e. The van der Waals surface area contributed by atoms with Crippen molar-refractivity contribution < 1.29 is 19.0 Å². The summed E-state index contributed by atoms with van der Waals surface area (Å²) < 4.78 is 16.5. The first-order valence-electron chi connectivity index (χ1n) is 8.01. The van der Waals surface area contributed by atoms with Crippen molar-refractivity contribution in [2.45, 2.75) is 58.2 Å². The molecule has 122 valence electrons. The molecule has 1 unspecified atom stereocenters. The normalized spacial score (nSPS) is 20.3. The van der Waals surface area contributed by atoms with Crippen LogP contribution in [0, 0.1) is 0 Å². The van der Waals surface area contributed by atoms with Crippen molar-refractivity contribution in [2.24, 2.45) is 0 Å². The Bertz CT molecular complexity index is 504. The molecule has 0 N–H and O–H groups in total. The SMILES string of the molecule is CC(C)OC(=O)C1(CCCOc2ccccc2C(C)C)CO1. The zero-order valence-corrected chi connectivity index (χ0v) is 13.9. The van der Waals surface area contributed by atoms with Crippen molar-refractivity contribution in [3.63, 3.8) is 0 Å². The molecule has 0 aliphatic carbocycles. The highest BCUT2D eigenvalue weighted by Gasteiger charge is 2.53. The van der Waals surface area contributed by atoms with Crippen LogP contribution >= 0.6 is 0 Å². The average Bonchev–Trinajstić information content (AvgIpc) is 3.24. The Morgan fingerprint density at radius 2 is 1.95 bits per heavy atom. The molecule has 1 heterocycles. The molecule has 1 fully saturated rings. The van der Waals surface area contributed by atoms with Gasteiger partial charge in [-0.1, -0.05) is 32.0 Å². The van der Waals surface area contributed by atoms with Crippen LogP contribution in [0.4, 0.5) is 0 Å². The van der Waals surface area contributed by atoms with Crippen LogP contribution in [0.25, 0.3) is 0 Å². The van der Waals surface area contributed by atoms with Crippen LogP contribution in [-0.4, -0.2) is 30.9 Å². The first-order chi connectivity index (χ1) is 10.4. The summed E-state index contributed by atoms with van der Waals surface area (Å²) in [6.45, 7) is 9.03. The fraction of sp³-hybridized carbons (Fsp3) is 0.611. The lowest BCUT2D eigenvalue weighted by Crippen LogP contribution is -2.29. The molecule has 1 aromatic rings. The summed E-state index contributed by atoms with van der Waals surface area (Å²) in [5, 5.41) is 0. The third-order valence-corrected chi connectivity index (χ3v) is 3.73. The van der Waals surface area contributed by atoms with Crippen molar-refractivity contribution in [1.82, 2.24) is 0 Å². The summed E-state index contributed by atoms with van der Waals surface area (Å²) in [7, 11) is 0. The molecular formula is C18H26O4. The van der Waals surface area contributed by atoms with Crippen LogP contribution in [0.1, 0.15) is 52.0 Å². The van der Waals surface area contributed by atoms with Gasteiger partial charge >= 0.3 is 5.97 Å². The molecule has 4 nitrogen and oxygen atoms in total. The highest BCUT2D eigenvalue weighted by molar-refractivity contribution is 5.82. The number of benzene rings is 1. The molecule has 0 amide bonds. The molecule has 1 aromatic carbocycles. The second-order valence-corrected chi connectivity index (χ2v) is 6.38. The van der Waals surface area contributed by atoms with Gasteiger partial charge in [0.25, 0.3) is 0 Å². The van der Waals surface area contributed by atoms with E-state index in [1.54, 1.807) is 0 Å². The molecule has 1 atom stereocenters. The van der Waals surface area contributed by atoms with E-state index in [1.807, 2.05) is 32.0 Å². The summed E-state index contributed by atoms with van der Waals surface area (Å²) >= 11 is 0. The number of para-hydroxylation sites is 1. The first-order valence-corrected chi connectivity index (χ1v) is 8.01. The molecule has 22 heavy (non-hydrogen) atoms. The van der Waals surface area contributed by atoms with Gasteiger partial charge in [-0.2, -0.15) is 0 Å². The van der Waals surface area contributed by atoms with Gasteiger partial charge in [0.1, 0.15) is 5.75 Å². The van der Waals surface area contributed by atoms with Gasteiger partial charge in [-0.3, -0.25) is 0 Å². The Labute approximate surface area is 132 Å². The maximum absolute atomic E-state index is 12.0. The Kier molecular flexibility index (Phi) is 5.46. The quantitative estimate of drug-likeness (QED) is 0.417. The number of hydrogen-bond donors (Lipinski definition) is 0. The van der Waals surface area contributed by atoms with E-state index in [2.05, 4.69) is 19.9 Å². The molecule has 2 rings (SSSR count). The summed E-state index contributed by atoms with van der Waals surface area (Å²) in [5.41, 5.74) is 0.490. The second kappa shape index (κ2) is 7.14. The highest BCUT2D eigenvalue weighted by Crippen LogP contribution is 2.34. The van der Waals surface area contributed by atoms with E-state index in [0.717, 1.165) is 12.2 Å². The van der Waals surface area contributed by atoms with Crippen molar-refractivity contribution in [2.75, 3.05) is 13.2 Å².